The number of hydrogen-bond acceptors (Lipinski definition) is 2. The first-order chi connectivity index (χ1) is 8.16. The van der Waals surface area contributed by atoms with Crippen LogP contribution in [0.1, 0.15) is 47.0 Å². The van der Waals surface area contributed by atoms with Crippen LogP contribution in [0.15, 0.2) is 0 Å². The van der Waals surface area contributed by atoms with E-state index in [0.717, 1.165) is 19.5 Å². The summed E-state index contributed by atoms with van der Waals surface area (Å²) in [6, 6.07) is 2.27. The van der Waals surface area contributed by atoms with Crippen molar-refractivity contribution < 1.29 is 13.2 Å². The van der Waals surface area contributed by atoms with E-state index in [-0.39, 0.29) is 6.92 Å². The van der Waals surface area contributed by atoms with E-state index in [4.69, 9.17) is 5.26 Å². The molecule has 108 valence electrons. The minimum absolute atomic E-state index is 0.188. The number of rotatable bonds is 1. The summed E-state index contributed by atoms with van der Waals surface area (Å²) in [5.74, 6) is 0. The Bertz CT molecular complexity index is 230. The molecule has 0 bridgehead atoms. The molecule has 0 unspecified atom stereocenters. The minimum atomic E-state index is -4.00. The van der Waals surface area contributed by atoms with Crippen LogP contribution in [0.3, 0.4) is 0 Å². The van der Waals surface area contributed by atoms with Gasteiger partial charge in [0.2, 0.25) is 0 Å². The molecular formula is C13H25F3N2. The van der Waals surface area contributed by atoms with E-state index in [1.54, 1.807) is 0 Å². The van der Waals surface area contributed by atoms with E-state index < -0.39 is 6.18 Å². The molecule has 0 aromatic heterocycles. The van der Waals surface area contributed by atoms with E-state index in [1.165, 1.54) is 12.8 Å². The van der Waals surface area contributed by atoms with Gasteiger partial charge in [0.1, 0.15) is 0 Å². The number of piperidine rings is 1. The van der Waals surface area contributed by atoms with E-state index in [1.807, 2.05) is 13.8 Å². The molecule has 1 heterocycles. The molecule has 18 heavy (non-hydrogen) atoms. The van der Waals surface area contributed by atoms with Crippen LogP contribution in [0.2, 0.25) is 0 Å². The highest BCUT2D eigenvalue weighted by Crippen LogP contribution is 2.33. The molecule has 0 spiro atoms. The molecule has 0 saturated carbocycles. The van der Waals surface area contributed by atoms with Gasteiger partial charge in [0.25, 0.3) is 0 Å². The van der Waals surface area contributed by atoms with Crippen LogP contribution in [0.25, 0.3) is 0 Å². The van der Waals surface area contributed by atoms with Gasteiger partial charge in [-0.3, -0.25) is 0 Å². The molecule has 2 nitrogen and oxygen atoms in total. The Balaban J connectivity index is 0. The van der Waals surface area contributed by atoms with E-state index in [2.05, 4.69) is 24.9 Å². The number of hydrogen-bond donors (Lipinski definition) is 0. The first-order valence-corrected chi connectivity index (χ1v) is 6.28. The van der Waals surface area contributed by atoms with Gasteiger partial charge in [0, 0.05) is 13.3 Å². The van der Waals surface area contributed by atoms with Crippen LogP contribution in [0.4, 0.5) is 13.2 Å². The third kappa shape index (κ3) is 13.3. The fraction of sp³-hybridized carbons (Fsp3) is 0.923. The average Bonchev–Trinajstić information content (AvgIpc) is 2.24. The topological polar surface area (TPSA) is 27.0 Å². The van der Waals surface area contributed by atoms with Gasteiger partial charge in [-0.05, 0) is 38.4 Å². The summed E-state index contributed by atoms with van der Waals surface area (Å²) >= 11 is 0. The summed E-state index contributed by atoms with van der Waals surface area (Å²) in [5, 5.41) is 8.59. The highest BCUT2D eigenvalue weighted by molar-refractivity contribution is 4.89. The Morgan fingerprint density at radius 1 is 1.22 bits per heavy atom. The molecule has 1 rings (SSSR count). The average molecular weight is 266 g/mol. The van der Waals surface area contributed by atoms with Crippen molar-refractivity contribution in [3.8, 4) is 6.07 Å². The van der Waals surface area contributed by atoms with E-state index in [0.29, 0.717) is 5.41 Å². The quantitative estimate of drug-likeness (QED) is 0.710. The van der Waals surface area contributed by atoms with Crippen molar-refractivity contribution in [3.63, 3.8) is 0 Å². The van der Waals surface area contributed by atoms with Crippen LogP contribution < -0.4 is 0 Å². The molecule has 1 aliphatic rings. The summed E-state index contributed by atoms with van der Waals surface area (Å²) in [6.45, 7) is 8.71. The second-order valence-corrected chi connectivity index (χ2v) is 4.73. The van der Waals surface area contributed by atoms with Crippen molar-refractivity contribution in [1.82, 2.24) is 4.90 Å². The van der Waals surface area contributed by atoms with Gasteiger partial charge in [0.15, 0.2) is 0 Å². The van der Waals surface area contributed by atoms with Gasteiger partial charge in [0.05, 0.1) is 6.07 Å². The number of nitrogens with zero attached hydrogens (tertiary/aromatic N) is 2. The Hall–Kier alpha value is -0.760. The summed E-state index contributed by atoms with van der Waals surface area (Å²) in [4.78, 5) is 2.33. The highest BCUT2D eigenvalue weighted by atomic mass is 19.4. The number of likely N-dealkylation sites (tertiary alicyclic amines) is 1. The SMILES string of the molecule is CC.CC(F)(F)F.CN1CCC(C)(CC#N)CC1. The second-order valence-electron chi connectivity index (χ2n) is 4.73. The van der Waals surface area contributed by atoms with Crippen molar-refractivity contribution in [2.24, 2.45) is 5.41 Å². The van der Waals surface area contributed by atoms with E-state index >= 15 is 0 Å². The van der Waals surface area contributed by atoms with Gasteiger partial charge in [-0.15, -0.1) is 0 Å². The van der Waals surface area contributed by atoms with Crippen LogP contribution >= 0.6 is 0 Å². The predicted molar refractivity (Wildman–Crippen MR) is 68.1 cm³/mol. The molecular weight excluding hydrogens is 241 g/mol. The van der Waals surface area contributed by atoms with Crippen molar-refractivity contribution in [2.45, 2.75) is 53.1 Å². The van der Waals surface area contributed by atoms with Gasteiger partial charge >= 0.3 is 6.18 Å². The number of nitriles is 1. The van der Waals surface area contributed by atoms with Crippen LogP contribution in [0, 0.1) is 16.7 Å². The lowest BCUT2D eigenvalue weighted by Crippen LogP contribution is -2.35. The lowest BCUT2D eigenvalue weighted by Gasteiger charge is -2.36. The first kappa shape index (κ1) is 19.6. The maximum absolute atomic E-state index is 10.4. The molecule has 0 N–H and O–H groups in total. The maximum Gasteiger partial charge on any atom is 0.386 e. The Morgan fingerprint density at radius 3 is 1.83 bits per heavy atom. The van der Waals surface area contributed by atoms with Crippen molar-refractivity contribution in [3.05, 3.63) is 0 Å². The predicted octanol–water partition coefficient (Wildman–Crippen LogP) is 4.23. The molecule has 0 amide bonds. The van der Waals surface area contributed by atoms with Crippen LogP contribution in [0.5, 0.6) is 0 Å². The number of alkyl halides is 3. The fourth-order valence-electron chi connectivity index (χ4n) is 1.53. The summed E-state index contributed by atoms with van der Waals surface area (Å²) in [6.07, 6.45) is -0.922. The maximum atomic E-state index is 10.4. The van der Waals surface area contributed by atoms with Crippen LogP contribution in [-0.4, -0.2) is 31.2 Å². The zero-order valence-electron chi connectivity index (χ0n) is 12.1. The van der Waals surface area contributed by atoms with Crippen molar-refractivity contribution in [1.29, 1.82) is 5.26 Å². The molecule has 1 aliphatic heterocycles. The second kappa shape index (κ2) is 9.21. The highest BCUT2D eigenvalue weighted by Gasteiger charge is 2.28. The molecule has 0 atom stereocenters. The van der Waals surface area contributed by atoms with Crippen molar-refractivity contribution in [2.75, 3.05) is 20.1 Å². The Kier molecular flexibility index (Phi) is 10.0. The first-order valence-electron chi connectivity index (χ1n) is 6.28. The van der Waals surface area contributed by atoms with Crippen LogP contribution in [-0.2, 0) is 0 Å². The molecule has 0 radical (unpaired) electrons. The summed E-state index contributed by atoms with van der Waals surface area (Å²) in [5.41, 5.74) is 0.307. The Morgan fingerprint density at radius 2 is 1.56 bits per heavy atom. The molecule has 0 aromatic carbocycles. The molecule has 1 fully saturated rings. The zero-order chi connectivity index (χ0) is 14.8. The fourth-order valence-corrected chi connectivity index (χ4v) is 1.53. The zero-order valence-corrected chi connectivity index (χ0v) is 12.1. The third-order valence-electron chi connectivity index (χ3n) is 2.70. The van der Waals surface area contributed by atoms with Gasteiger partial charge in [-0.2, -0.15) is 18.4 Å². The Labute approximate surface area is 109 Å². The summed E-state index contributed by atoms with van der Waals surface area (Å²) in [7, 11) is 2.14. The molecule has 0 aliphatic carbocycles. The minimum Gasteiger partial charge on any atom is -0.306 e. The standard InChI is InChI=1S/C9H16N2.C2H3F3.C2H6/c1-9(3-6-10)4-7-11(2)8-5-9;1-2(3,4)5;1-2/h3-5,7-8H2,1-2H3;1H3;1-2H3. The smallest absolute Gasteiger partial charge is 0.306 e. The molecule has 0 aromatic rings. The van der Waals surface area contributed by atoms with E-state index in [9.17, 15) is 13.2 Å². The molecule has 1 saturated heterocycles. The summed E-state index contributed by atoms with van der Waals surface area (Å²) < 4.78 is 31.1. The largest absolute Gasteiger partial charge is 0.386 e. The monoisotopic (exact) mass is 266 g/mol. The number of halogens is 3. The van der Waals surface area contributed by atoms with Gasteiger partial charge < -0.3 is 4.90 Å². The van der Waals surface area contributed by atoms with Crippen molar-refractivity contribution >= 4 is 0 Å². The normalized spacial score (nSPS) is 18.6. The third-order valence-corrected chi connectivity index (χ3v) is 2.70. The lowest BCUT2D eigenvalue weighted by molar-refractivity contribution is -0.110. The van der Waals surface area contributed by atoms with Gasteiger partial charge in [-0.25, -0.2) is 0 Å². The van der Waals surface area contributed by atoms with Gasteiger partial charge in [-0.1, -0.05) is 20.8 Å². The molecule has 5 heteroatoms. The lowest BCUT2D eigenvalue weighted by atomic mass is 9.78.